The molecule has 0 aromatic carbocycles. The van der Waals surface area contributed by atoms with Crippen LogP contribution in [0, 0.1) is 0 Å². The van der Waals surface area contributed by atoms with E-state index in [-0.39, 0.29) is 5.91 Å². The van der Waals surface area contributed by atoms with E-state index in [4.69, 9.17) is 4.74 Å². The molecule has 0 fully saturated rings. The second kappa shape index (κ2) is 6.02. The highest BCUT2D eigenvalue weighted by Crippen LogP contribution is 2.24. The Morgan fingerprint density at radius 3 is 2.94 bits per heavy atom. The Morgan fingerprint density at radius 1 is 1.44 bits per heavy atom. The van der Waals surface area contributed by atoms with E-state index >= 15 is 0 Å². The van der Waals surface area contributed by atoms with E-state index in [2.05, 4.69) is 29.1 Å². The summed E-state index contributed by atoms with van der Waals surface area (Å²) in [5.74, 6) is 0.899. The average molecular weight is 281 g/mol. The minimum atomic E-state index is -0.0658. The molecule has 18 heavy (non-hydrogen) atoms. The minimum absolute atomic E-state index is 0.0658. The minimum Gasteiger partial charge on any atom is -0.495 e. The summed E-state index contributed by atoms with van der Waals surface area (Å²) in [4.78, 5) is 12.6. The van der Waals surface area contributed by atoms with Gasteiger partial charge in [-0.05, 0) is 39.8 Å². The first-order valence-electron chi connectivity index (χ1n) is 5.64. The SMILES string of the molecule is COc1ccsc1C(=O)NCC(C)c1ccsc1. The van der Waals surface area contributed by atoms with Crippen molar-refractivity contribution in [3.63, 3.8) is 0 Å². The highest BCUT2D eigenvalue weighted by atomic mass is 32.1. The Labute approximate surface area is 114 Å². The van der Waals surface area contributed by atoms with Crippen molar-refractivity contribution in [1.82, 2.24) is 5.32 Å². The van der Waals surface area contributed by atoms with Gasteiger partial charge in [-0.1, -0.05) is 6.92 Å². The Kier molecular flexibility index (Phi) is 4.38. The molecule has 2 aromatic rings. The molecule has 3 nitrogen and oxygen atoms in total. The van der Waals surface area contributed by atoms with Gasteiger partial charge in [0.2, 0.25) is 0 Å². The van der Waals surface area contributed by atoms with E-state index in [1.165, 1.54) is 16.9 Å². The fourth-order valence-electron chi connectivity index (χ4n) is 1.62. The molecule has 0 bridgehead atoms. The molecule has 96 valence electrons. The molecule has 0 aliphatic rings. The molecule has 0 aliphatic carbocycles. The van der Waals surface area contributed by atoms with Crippen molar-refractivity contribution in [3.8, 4) is 5.75 Å². The first-order chi connectivity index (χ1) is 8.72. The van der Waals surface area contributed by atoms with Gasteiger partial charge in [-0.3, -0.25) is 4.79 Å². The second-order valence-electron chi connectivity index (χ2n) is 3.99. The van der Waals surface area contributed by atoms with E-state index in [0.29, 0.717) is 23.1 Å². The van der Waals surface area contributed by atoms with Crippen molar-refractivity contribution < 1.29 is 9.53 Å². The van der Waals surface area contributed by atoms with Crippen molar-refractivity contribution in [2.45, 2.75) is 12.8 Å². The summed E-state index contributed by atoms with van der Waals surface area (Å²) < 4.78 is 5.14. The Morgan fingerprint density at radius 2 is 2.28 bits per heavy atom. The third-order valence-corrected chi connectivity index (χ3v) is 4.33. The lowest BCUT2D eigenvalue weighted by atomic mass is 10.1. The maximum Gasteiger partial charge on any atom is 0.265 e. The zero-order valence-electron chi connectivity index (χ0n) is 10.3. The second-order valence-corrected chi connectivity index (χ2v) is 5.68. The number of rotatable bonds is 5. The predicted molar refractivity (Wildman–Crippen MR) is 75.9 cm³/mol. The van der Waals surface area contributed by atoms with Crippen LogP contribution in [0.2, 0.25) is 0 Å². The summed E-state index contributed by atoms with van der Waals surface area (Å²) in [6.45, 7) is 2.74. The normalized spacial score (nSPS) is 12.1. The van der Waals surface area contributed by atoms with Crippen molar-refractivity contribution in [3.05, 3.63) is 38.7 Å². The lowest BCUT2D eigenvalue weighted by Crippen LogP contribution is -2.27. The zero-order chi connectivity index (χ0) is 13.0. The molecule has 2 aromatic heterocycles. The van der Waals surface area contributed by atoms with Gasteiger partial charge in [0.05, 0.1) is 7.11 Å². The number of carbonyl (C=O) groups excluding carboxylic acids is 1. The molecule has 1 N–H and O–H groups in total. The molecule has 1 atom stereocenters. The van der Waals surface area contributed by atoms with Crippen LogP contribution >= 0.6 is 22.7 Å². The van der Waals surface area contributed by atoms with Gasteiger partial charge >= 0.3 is 0 Å². The van der Waals surface area contributed by atoms with Gasteiger partial charge in [-0.25, -0.2) is 0 Å². The molecule has 0 spiro atoms. The van der Waals surface area contributed by atoms with Crippen LogP contribution in [0.4, 0.5) is 0 Å². The maximum atomic E-state index is 12.0. The van der Waals surface area contributed by atoms with E-state index in [0.717, 1.165) is 0 Å². The van der Waals surface area contributed by atoms with Crippen molar-refractivity contribution in [2.75, 3.05) is 13.7 Å². The highest BCUT2D eigenvalue weighted by molar-refractivity contribution is 7.12. The number of hydrogen-bond acceptors (Lipinski definition) is 4. The first-order valence-corrected chi connectivity index (χ1v) is 7.46. The number of hydrogen-bond donors (Lipinski definition) is 1. The third-order valence-electron chi connectivity index (χ3n) is 2.74. The molecule has 1 unspecified atom stereocenters. The smallest absolute Gasteiger partial charge is 0.265 e. The van der Waals surface area contributed by atoms with Crippen LogP contribution in [0.5, 0.6) is 5.75 Å². The van der Waals surface area contributed by atoms with E-state index in [1.807, 2.05) is 11.4 Å². The number of nitrogens with one attached hydrogen (secondary N) is 1. The predicted octanol–water partition coefficient (Wildman–Crippen LogP) is 3.35. The molecule has 2 heterocycles. The summed E-state index contributed by atoms with van der Waals surface area (Å²) in [5.41, 5.74) is 1.26. The zero-order valence-corrected chi connectivity index (χ0v) is 11.9. The molecule has 2 rings (SSSR count). The Hall–Kier alpha value is -1.33. The monoisotopic (exact) mass is 281 g/mol. The topological polar surface area (TPSA) is 38.3 Å². The van der Waals surface area contributed by atoms with E-state index in [9.17, 15) is 4.79 Å². The van der Waals surface area contributed by atoms with Crippen LogP contribution in [0.25, 0.3) is 0 Å². The van der Waals surface area contributed by atoms with Gasteiger partial charge in [0.15, 0.2) is 0 Å². The molecular weight excluding hydrogens is 266 g/mol. The van der Waals surface area contributed by atoms with Gasteiger partial charge in [0.25, 0.3) is 5.91 Å². The number of ether oxygens (including phenoxy) is 1. The van der Waals surface area contributed by atoms with Crippen LogP contribution in [-0.4, -0.2) is 19.6 Å². The first kappa shape index (κ1) is 13.1. The van der Waals surface area contributed by atoms with Crippen LogP contribution in [0.1, 0.15) is 28.1 Å². The fraction of sp³-hybridized carbons (Fsp3) is 0.308. The number of carbonyl (C=O) groups is 1. The van der Waals surface area contributed by atoms with Crippen LogP contribution < -0.4 is 10.1 Å². The van der Waals surface area contributed by atoms with Crippen molar-refractivity contribution in [1.29, 1.82) is 0 Å². The summed E-state index contributed by atoms with van der Waals surface area (Å²) in [6, 6.07) is 3.90. The third kappa shape index (κ3) is 2.91. The highest BCUT2D eigenvalue weighted by Gasteiger charge is 2.15. The van der Waals surface area contributed by atoms with Gasteiger partial charge in [-0.2, -0.15) is 11.3 Å². The quantitative estimate of drug-likeness (QED) is 0.912. The maximum absolute atomic E-state index is 12.0. The number of thiophene rings is 2. The van der Waals surface area contributed by atoms with Crippen molar-refractivity contribution in [2.24, 2.45) is 0 Å². The number of amides is 1. The summed E-state index contributed by atoms with van der Waals surface area (Å²) in [6.07, 6.45) is 0. The van der Waals surface area contributed by atoms with Gasteiger partial charge in [-0.15, -0.1) is 11.3 Å². The molecule has 0 saturated carbocycles. The van der Waals surface area contributed by atoms with Crippen LogP contribution in [0.3, 0.4) is 0 Å². The molecule has 0 aliphatic heterocycles. The van der Waals surface area contributed by atoms with Gasteiger partial charge in [0.1, 0.15) is 10.6 Å². The standard InChI is InChI=1S/C13H15NO2S2/c1-9(10-3-5-17-8-10)7-14-13(15)12-11(16-2)4-6-18-12/h3-6,8-9H,7H2,1-2H3,(H,14,15). The van der Waals surface area contributed by atoms with E-state index < -0.39 is 0 Å². The Bertz CT molecular complexity index is 505. The summed E-state index contributed by atoms with van der Waals surface area (Å²) in [5, 5.41) is 8.97. The Balaban J connectivity index is 1.93. The van der Waals surface area contributed by atoms with Crippen LogP contribution in [-0.2, 0) is 0 Å². The molecular formula is C13H15NO2S2. The summed E-state index contributed by atoms with van der Waals surface area (Å²) >= 11 is 3.07. The number of methoxy groups -OCH3 is 1. The average Bonchev–Trinajstić information content (AvgIpc) is 3.04. The van der Waals surface area contributed by atoms with Crippen molar-refractivity contribution >= 4 is 28.6 Å². The fourth-order valence-corrected chi connectivity index (χ4v) is 3.18. The van der Waals surface area contributed by atoms with Crippen LogP contribution in [0.15, 0.2) is 28.3 Å². The lowest BCUT2D eigenvalue weighted by Gasteiger charge is -2.11. The van der Waals surface area contributed by atoms with Gasteiger partial charge < -0.3 is 10.1 Å². The van der Waals surface area contributed by atoms with Gasteiger partial charge in [0, 0.05) is 6.54 Å². The van der Waals surface area contributed by atoms with E-state index in [1.54, 1.807) is 18.4 Å². The lowest BCUT2D eigenvalue weighted by molar-refractivity contribution is 0.0953. The summed E-state index contributed by atoms with van der Waals surface area (Å²) in [7, 11) is 1.58. The molecule has 1 amide bonds. The molecule has 5 heteroatoms. The molecule has 0 radical (unpaired) electrons. The molecule has 0 saturated heterocycles. The largest absolute Gasteiger partial charge is 0.495 e.